The van der Waals surface area contributed by atoms with Crippen molar-refractivity contribution >= 4 is 16.8 Å². The smallest absolute Gasteiger partial charge is 0.294 e. The number of ketones is 1. The van der Waals surface area contributed by atoms with Crippen LogP contribution in [-0.2, 0) is 13.0 Å². The molecule has 122 valence electrons. The van der Waals surface area contributed by atoms with Crippen molar-refractivity contribution in [2.45, 2.75) is 46.6 Å². The van der Waals surface area contributed by atoms with Gasteiger partial charge in [0.15, 0.2) is 5.78 Å². The van der Waals surface area contributed by atoms with Crippen molar-refractivity contribution in [3.63, 3.8) is 0 Å². The third kappa shape index (κ3) is 2.73. The predicted octanol–water partition coefficient (Wildman–Crippen LogP) is 1.90. The molecule has 3 rings (SSSR count). The van der Waals surface area contributed by atoms with Gasteiger partial charge in [0, 0.05) is 24.7 Å². The minimum Gasteiger partial charge on any atom is -0.294 e. The van der Waals surface area contributed by atoms with Crippen molar-refractivity contribution in [1.29, 1.82) is 0 Å². The summed E-state index contributed by atoms with van der Waals surface area (Å²) >= 11 is 0. The number of carbonyl (C=O) groups excluding carboxylic acids is 1. The Labute approximate surface area is 133 Å². The quantitative estimate of drug-likeness (QED) is 0.937. The van der Waals surface area contributed by atoms with E-state index in [2.05, 4.69) is 23.8 Å². The highest BCUT2D eigenvalue weighted by atomic mass is 16.2. The van der Waals surface area contributed by atoms with E-state index in [1.54, 1.807) is 0 Å². The molecule has 2 aromatic rings. The molecule has 0 bridgehead atoms. The molecule has 0 radical (unpaired) electrons. The summed E-state index contributed by atoms with van der Waals surface area (Å²) in [7, 11) is 0. The van der Waals surface area contributed by atoms with Gasteiger partial charge in [0.1, 0.15) is 5.65 Å². The van der Waals surface area contributed by atoms with Gasteiger partial charge in [-0.2, -0.15) is 0 Å². The van der Waals surface area contributed by atoms with Crippen LogP contribution in [0.4, 0.5) is 0 Å². The number of nitrogens with one attached hydrogen (secondary N) is 1. The molecule has 1 N–H and O–H groups in total. The van der Waals surface area contributed by atoms with Gasteiger partial charge < -0.3 is 0 Å². The number of aryl methyl sites for hydroxylation is 1. The van der Waals surface area contributed by atoms with E-state index in [1.165, 1.54) is 10.8 Å². The summed E-state index contributed by atoms with van der Waals surface area (Å²) in [6.45, 7) is 6.65. The Morgan fingerprint density at radius 2 is 2.04 bits per heavy atom. The molecule has 0 spiro atoms. The number of H-pyrrole nitrogens is 1. The van der Waals surface area contributed by atoms with Gasteiger partial charge >= 0.3 is 5.69 Å². The van der Waals surface area contributed by atoms with E-state index in [-0.39, 0.29) is 11.7 Å². The lowest BCUT2D eigenvalue weighted by molar-refractivity contribution is 0.0953. The summed E-state index contributed by atoms with van der Waals surface area (Å²) in [5, 5.41) is 0.394. The second-order valence-electron chi connectivity index (χ2n) is 6.88. The fourth-order valence-electron chi connectivity index (χ4n) is 3.20. The largest absolute Gasteiger partial charge is 0.329 e. The summed E-state index contributed by atoms with van der Waals surface area (Å²) in [5.41, 5.74) is 0.760. The Morgan fingerprint density at radius 3 is 2.74 bits per heavy atom. The van der Waals surface area contributed by atoms with Crippen molar-refractivity contribution in [3.05, 3.63) is 38.2 Å². The van der Waals surface area contributed by atoms with E-state index < -0.39 is 11.2 Å². The fraction of sp³-hybridized carbons (Fsp3) is 0.529. The van der Waals surface area contributed by atoms with Crippen molar-refractivity contribution < 1.29 is 4.79 Å². The number of Topliss-reactive ketones (excluding diaryl/α,β-unsaturated/α-hetero) is 1. The van der Waals surface area contributed by atoms with Crippen molar-refractivity contribution in [1.82, 2.24) is 14.5 Å². The zero-order valence-electron chi connectivity index (χ0n) is 13.7. The van der Waals surface area contributed by atoms with E-state index in [9.17, 15) is 14.4 Å². The fourth-order valence-corrected chi connectivity index (χ4v) is 3.20. The molecule has 1 atom stereocenters. The first-order chi connectivity index (χ1) is 10.9. The Bertz CT molecular complexity index is 892. The lowest BCUT2D eigenvalue weighted by Crippen LogP contribution is -2.33. The number of nitrogens with zero attached hydrogens (tertiary/aromatic N) is 2. The van der Waals surface area contributed by atoms with Gasteiger partial charge in [0.05, 0.1) is 5.39 Å². The molecule has 1 aliphatic carbocycles. The van der Waals surface area contributed by atoms with Gasteiger partial charge in [-0.3, -0.25) is 19.1 Å². The van der Waals surface area contributed by atoms with Crippen molar-refractivity contribution in [2.24, 2.45) is 11.8 Å². The highest BCUT2D eigenvalue weighted by Gasteiger charge is 2.26. The molecule has 2 heterocycles. The third-order valence-corrected chi connectivity index (χ3v) is 4.43. The van der Waals surface area contributed by atoms with Gasteiger partial charge in [-0.05, 0) is 30.2 Å². The first-order valence-corrected chi connectivity index (χ1v) is 8.06. The standard InChI is InChI=1S/C17H21N3O3/c1-9(2)4-5-20-15-14(16(22)19-17(20)23)11-6-10(3)7-13(21)12(11)8-18-15/h8-10H,4-7H2,1-3H3,(H,19,22,23). The summed E-state index contributed by atoms with van der Waals surface area (Å²) < 4.78 is 1.51. The van der Waals surface area contributed by atoms with E-state index in [0.717, 1.165) is 12.0 Å². The molecule has 23 heavy (non-hydrogen) atoms. The van der Waals surface area contributed by atoms with Crippen LogP contribution in [0.5, 0.6) is 0 Å². The van der Waals surface area contributed by atoms with E-state index in [0.29, 0.717) is 41.9 Å². The van der Waals surface area contributed by atoms with Crippen LogP contribution < -0.4 is 11.2 Å². The number of hydrogen-bond acceptors (Lipinski definition) is 4. The van der Waals surface area contributed by atoms with Crippen LogP contribution in [0.3, 0.4) is 0 Å². The normalized spacial score (nSPS) is 17.7. The number of rotatable bonds is 3. The monoisotopic (exact) mass is 315 g/mol. The minimum atomic E-state index is -0.447. The highest BCUT2D eigenvalue weighted by Crippen LogP contribution is 2.28. The summed E-state index contributed by atoms with van der Waals surface area (Å²) in [6.07, 6.45) is 3.47. The minimum absolute atomic E-state index is 0.0208. The van der Waals surface area contributed by atoms with E-state index in [4.69, 9.17) is 0 Å². The molecule has 0 saturated heterocycles. The molecule has 0 aliphatic heterocycles. The van der Waals surface area contributed by atoms with Crippen molar-refractivity contribution in [2.75, 3.05) is 0 Å². The molecule has 1 aliphatic rings. The Balaban J connectivity index is 2.28. The summed E-state index contributed by atoms with van der Waals surface area (Å²) in [4.78, 5) is 43.4. The first kappa shape index (κ1) is 15.6. The van der Waals surface area contributed by atoms with Crippen LogP contribution in [0, 0.1) is 11.8 Å². The molecule has 0 fully saturated rings. The van der Waals surface area contributed by atoms with Crippen LogP contribution in [0.2, 0.25) is 0 Å². The number of fused-ring (bicyclic) bond motifs is 3. The Hall–Kier alpha value is -2.24. The number of hydrogen-bond donors (Lipinski definition) is 1. The zero-order valence-corrected chi connectivity index (χ0v) is 13.7. The van der Waals surface area contributed by atoms with Gasteiger partial charge in [-0.25, -0.2) is 9.78 Å². The number of aromatic amines is 1. The molecule has 2 aromatic heterocycles. The summed E-state index contributed by atoms with van der Waals surface area (Å²) in [5.74, 6) is 0.645. The molecular weight excluding hydrogens is 294 g/mol. The molecule has 0 aromatic carbocycles. The molecule has 6 nitrogen and oxygen atoms in total. The van der Waals surface area contributed by atoms with Crippen LogP contribution in [0.1, 0.15) is 49.5 Å². The SMILES string of the molecule is CC(C)CCn1c(=O)[nH]c(=O)c2c3c(cnc21)C(=O)CC(C)C3. The average molecular weight is 315 g/mol. The van der Waals surface area contributed by atoms with Crippen LogP contribution in [0.25, 0.3) is 11.0 Å². The topological polar surface area (TPSA) is 84.8 Å². The van der Waals surface area contributed by atoms with Crippen LogP contribution >= 0.6 is 0 Å². The van der Waals surface area contributed by atoms with Gasteiger partial charge in [-0.1, -0.05) is 20.8 Å². The maximum atomic E-state index is 12.4. The first-order valence-electron chi connectivity index (χ1n) is 8.06. The summed E-state index contributed by atoms with van der Waals surface area (Å²) in [6, 6.07) is 0. The van der Waals surface area contributed by atoms with Gasteiger partial charge in [0.2, 0.25) is 0 Å². The molecule has 0 saturated carbocycles. The van der Waals surface area contributed by atoms with Gasteiger partial charge in [-0.15, -0.1) is 0 Å². The number of aromatic nitrogens is 3. The van der Waals surface area contributed by atoms with E-state index in [1.807, 2.05) is 6.92 Å². The predicted molar refractivity (Wildman–Crippen MR) is 87.9 cm³/mol. The van der Waals surface area contributed by atoms with Crippen LogP contribution in [0.15, 0.2) is 15.8 Å². The Kier molecular flexibility index (Phi) is 3.92. The second kappa shape index (κ2) is 5.76. The molecule has 1 unspecified atom stereocenters. The van der Waals surface area contributed by atoms with Crippen molar-refractivity contribution in [3.8, 4) is 0 Å². The maximum Gasteiger partial charge on any atom is 0.329 e. The lowest BCUT2D eigenvalue weighted by Gasteiger charge is -2.21. The lowest BCUT2D eigenvalue weighted by atomic mass is 9.84. The third-order valence-electron chi connectivity index (χ3n) is 4.43. The molecule has 0 amide bonds. The van der Waals surface area contributed by atoms with E-state index >= 15 is 0 Å². The maximum absolute atomic E-state index is 12.4. The second-order valence-corrected chi connectivity index (χ2v) is 6.88. The van der Waals surface area contributed by atoms with Crippen LogP contribution in [-0.4, -0.2) is 20.3 Å². The highest BCUT2D eigenvalue weighted by molar-refractivity contribution is 6.02. The average Bonchev–Trinajstić information content (AvgIpc) is 2.45. The molecular formula is C17H21N3O3. The van der Waals surface area contributed by atoms with Gasteiger partial charge in [0.25, 0.3) is 5.56 Å². The number of pyridine rings is 1. The Morgan fingerprint density at radius 1 is 1.30 bits per heavy atom. The zero-order chi connectivity index (χ0) is 16.7. The number of carbonyl (C=O) groups is 1. The molecule has 6 heteroatoms.